The lowest BCUT2D eigenvalue weighted by molar-refractivity contribution is 1.28. The fraction of sp³-hybridized carbons (Fsp3) is 0.0476. The summed E-state index contributed by atoms with van der Waals surface area (Å²) in [6.07, 6.45) is 3.72. The minimum absolute atomic E-state index is 0.721. The van der Waals surface area contributed by atoms with Gasteiger partial charge in [0, 0.05) is 29.2 Å². The summed E-state index contributed by atoms with van der Waals surface area (Å²) >= 11 is 0. The van der Waals surface area contributed by atoms with Crippen molar-refractivity contribution in [3.8, 4) is 22.5 Å². The highest BCUT2D eigenvalue weighted by atomic mass is 15.1. The second-order valence-electron chi connectivity index (χ2n) is 5.92. The molecule has 0 saturated heterocycles. The lowest BCUT2D eigenvalue weighted by atomic mass is 10.1. The Balaban J connectivity index is 1.60. The summed E-state index contributed by atoms with van der Waals surface area (Å²) in [7, 11) is 0. The summed E-state index contributed by atoms with van der Waals surface area (Å²) in [5, 5.41) is 3.30. The van der Waals surface area contributed by atoms with E-state index in [1.54, 1.807) is 0 Å². The number of H-pyrrole nitrogens is 1. The Hall–Kier alpha value is -3.40. The van der Waals surface area contributed by atoms with Crippen LogP contribution >= 0.6 is 0 Å². The number of imidazole rings is 1. The first-order valence-corrected chi connectivity index (χ1v) is 8.19. The number of hydrogen-bond acceptors (Lipinski definition) is 3. The number of rotatable bonds is 4. The molecule has 4 aromatic rings. The third kappa shape index (κ3) is 3.43. The van der Waals surface area contributed by atoms with E-state index in [1.807, 2.05) is 48.8 Å². The fourth-order valence-corrected chi connectivity index (χ4v) is 2.75. The van der Waals surface area contributed by atoms with Crippen molar-refractivity contribution in [1.82, 2.24) is 15.0 Å². The van der Waals surface area contributed by atoms with Crippen molar-refractivity contribution >= 4 is 11.6 Å². The average molecular weight is 326 g/mol. The zero-order valence-corrected chi connectivity index (χ0v) is 13.9. The molecular formula is C21H18N4. The van der Waals surface area contributed by atoms with E-state index < -0.39 is 0 Å². The van der Waals surface area contributed by atoms with Gasteiger partial charge in [-0.25, -0.2) is 4.98 Å². The summed E-state index contributed by atoms with van der Waals surface area (Å²) in [5.74, 6) is 0.721. The predicted molar refractivity (Wildman–Crippen MR) is 102 cm³/mol. The molecule has 4 rings (SSSR count). The largest absolute Gasteiger partial charge is 0.330 e. The van der Waals surface area contributed by atoms with Crippen LogP contribution in [0.3, 0.4) is 0 Å². The predicted octanol–water partition coefficient (Wildman–Crippen LogP) is 5.19. The van der Waals surface area contributed by atoms with E-state index in [0.29, 0.717) is 0 Å². The lowest BCUT2D eigenvalue weighted by Gasteiger charge is -2.04. The topological polar surface area (TPSA) is 53.6 Å². The van der Waals surface area contributed by atoms with Gasteiger partial charge in [-0.2, -0.15) is 0 Å². The van der Waals surface area contributed by atoms with Crippen LogP contribution < -0.4 is 5.32 Å². The third-order valence-electron chi connectivity index (χ3n) is 3.98. The van der Waals surface area contributed by atoms with Crippen LogP contribution in [0.2, 0.25) is 0 Å². The quantitative estimate of drug-likeness (QED) is 0.542. The molecule has 2 N–H and O–H groups in total. The van der Waals surface area contributed by atoms with Gasteiger partial charge >= 0.3 is 0 Å². The smallest absolute Gasteiger partial charge is 0.205 e. The maximum Gasteiger partial charge on any atom is 0.205 e. The van der Waals surface area contributed by atoms with Gasteiger partial charge < -0.3 is 10.3 Å². The molecule has 2 heterocycles. The van der Waals surface area contributed by atoms with E-state index in [-0.39, 0.29) is 0 Å². The molecule has 0 aliphatic carbocycles. The van der Waals surface area contributed by atoms with Gasteiger partial charge in [-0.3, -0.25) is 4.98 Å². The molecule has 0 fully saturated rings. The molecule has 25 heavy (non-hydrogen) atoms. The van der Waals surface area contributed by atoms with E-state index in [1.165, 1.54) is 5.56 Å². The minimum Gasteiger partial charge on any atom is -0.330 e. The van der Waals surface area contributed by atoms with E-state index in [4.69, 9.17) is 0 Å². The van der Waals surface area contributed by atoms with Gasteiger partial charge in [0.15, 0.2) is 0 Å². The third-order valence-corrected chi connectivity index (χ3v) is 3.98. The summed E-state index contributed by atoms with van der Waals surface area (Å²) < 4.78 is 0. The Morgan fingerprint density at radius 1 is 0.840 bits per heavy atom. The van der Waals surface area contributed by atoms with Crippen molar-refractivity contribution in [3.63, 3.8) is 0 Å². The van der Waals surface area contributed by atoms with Gasteiger partial charge in [-0.1, -0.05) is 42.5 Å². The summed E-state index contributed by atoms with van der Waals surface area (Å²) in [5.41, 5.74) is 6.17. The van der Waals surface area contributed by atoms with Gasteiger partial charge in [0.05, 0.1) is 11.4 Å². The van der Waals surface area contributed by atoms with Crippen molar-refractivity contribution in [2.45, 2.75) is 6.92 Å². The lowest BCUT2D eigenvalue weighted by Crippen LogP contribution is -1.92. The van der Waals surface area contributed by atoms with Crippen LogP contribution in [0.25, 0.3) is 22.5 Å². The van der Waals surface area contributed by atoms with Gasteiger partial charge in [-0.15, -0.1) is 0 Å². The number of aryl methyl sites for hydroxylation is 1. The SMILES string of the molecule is Cc1cccc(Nc2nc(-c3ccnc(-c4ccccc4)c3)c[nH]2)c1. The molecule has 2 aromatic heterocycles. The number of hydrogen-bond donors (Lipinski definition) is 2. The molecule has 2 aromatic carbocycles. The van der Waals surface area contributed by atoms with E-state index in [2.05, 4.69) is 57.5 Å². The van der Waals surface area contributed by atoms with Crippen LogP contribution in [0.15, 0.2) is 79.1 Å². The van der Waals surface area contributed by atoms with E-state index in [9.17, 15) is 0 Å². The molecule has 0 unspecified atom stereocenters. The van der Waals surface area contributed by atoms with Crippen molar-refractivity contribution in [3.05, 3.63) is 84.7 Å². The van der Waals surface area contributed by atoms with Crippen LogP contribution in [0.4, 0.5) is 11.6 Å². The average Bonchev–Trinajstić information content (AvgIpc) is 3.11. The maximum absolute atomic E-state index is 4.65. The molecule has 4 nitrogen and oxygen atoms in total. The highest BCUT2D eigenvalue weighted by molar-refractivity contribution is 5.69. The molecule has 4 heteroatoms. The molecule has 0 aliphatic rings. The highest BCUT2D eigenvalue weighted by Gasteiger charge is 2.07. The number of aromatic amines is 1. The first-order chi connectivity index (χ1) is 12.3. The molecule has 0 amide bonds. The molecule has 0 saturated carbocycles. The number of nitrogens with one attached hydrogen (secondary N) is 2. The normalized spacial score (nSPS) is 10.6. The van der Waals surface area contributed by atoms with E-state index in [0.717, 1.165) is 34.2 Å². The Morgan fingerprint density at radius 3 is 2.56 bits per heavy atom. The number of aromatic nitrogens is 3. The maximum atomic E-state index is 4.65. The van der Waals surface area contributed by atoms with Crippen LogP contribution in [0.5, 0.6) is 0 Å². The summed E-state index contributed by atoms with van der Waals surface area (Å²) in [4.78, 5) is 12.3. The molecule has 0 radical (unpaired) electrons. The molecule has 0 aliphatic heterocycles. The molecular weight excluding hydrogens is 308 g/mol. The van der Waals surface area contributed by atoms with Gasteiger partial charge in [0.2, 0.25) is 5.95 Å². The van der Waals surface area contributed by atoms with Crippen LogP contribution in [-0.2, 0) is 0 Å². The Labute approximate surface area is 146 Å². The molecule has 122 valence electrons. The van der Waals surface area contributed by atoms with Gasteiger partial charge in [-0.05, 0) is 36.8 Å². The van der Waals surface area contributed by atoms with Gasteiger partial charge in [0.1, 0.15) is 0 Å². The molecule has 0 atom stereocenters. The van der Waals surface area contributed by atoms with Crippen molar-refractivity contribution in [1.29, 1.82) is 0 Å². The van der Waals surface area contributed by atoms with Crippen molar-refractivity contribution in [2.24, 2.45) is 0 Å². The summed E-state index contributed by atoms with van der Waals surface area (Å²) in [6.45, 7) is 2.07. The monoisotopic (exact) mass is 326 g/mol. The highest BCUT2D eigenvalue weighted by Crippen LogP contribution is 2.25. The van der Waals surface area contributed by atoms with Crippen LogP contribution in [0, 0.1) is 6.92 Å². The first-order valence-electron chi connectivity index (χ1n) is 8.19. The van der Waals surface area contributed by atoms with E-state index >= 15 is 0 Å². The van der Waals surface area contributed by atoms with Crippen LogP contribution in [0.1, 0.15) is 5.56 Å². The molecule has 0 spiro atoms. The Morgan fingerprint density at radius 2 is 1.72 bits per heavy atom. The summed E-state index contributed by atoms with van der Waals surface area (Å²) in [6, 6.07) is 22.4. The fourth-order valence-electron chi connectivity index (χ4n) is 2.75. The number of pyridine rings is 1. The van der Waals surface area contributed by atoms with Gasteiger partial charge in [0.25, 0.3) is 0 Å². The Kier molecular flexibility index (Phi) is 4.01. The first kappa shape index (κ1) is 15.1. The Bertz CT molecular complexity index is 989. The number of anilines is 2. The second kappa shape index (κ2) is 6.61. The molecule has 0 bridgehead atoms. The minimum atomic E-state index is 0.721. The zero-order chi connectivity index (χ0) is 17.1. The van der Waals surface area contributed by atoms with Crippen LogP contribution in [-0.4, -0.2) is 15.0 Å². The second-order valence-corrected chi connectivity index (χ2v) is 5.92. The van der Waals surface area contributed by atoms with Crippen molar-refractivity contribution in [2.75, 3.05) is 5.32 Å². The number of nitrogens with zero attached hydrogens (tertiary/aromatic N) is 2. The zero-order valence-electron chi connectivity index (χ0n) is 13.9. The number of benzene rings is 2. The van der Waals surface area contributed by atoms with Crippen molar-refractivity contribution < 1.29 is 0 Å². The standard InChI is InChI=1S/C21H18N4/c1-15-6-5-9-18(12-15)24-21-23-14-20(25-21)17-10-11-22-19(13-17)16-7-3-2-4-8-16/h2-14H,1H3,(H2,23,24,25).